The van der Waals surface area contributed by atoms with Gasteiger partial charge in [0.15, 0.2) is 0 Å². The molecular weight excluding hydrogens is 236 g/mol. The molecule has 0 saturated carbocycles. The Morgan fingerprint density at radius 1 is 1.16 bits per heavy atom. The van der Waals surface area contributed by atoms with Gasteiger partial charge < -0.3 is 15.3 Å². The molecule has 19 heavy (non-hydrogen) atoms. The van der Waals surface area contributed by atoms with E-state index in [2.05, 4.69) is 36.3 Å². The molecule has 1 aromatic rings. The van der Waals surface area contributed by atoms with Crippen molar-refractivity contribution in [3.05, 3.63) is 35.4 Å². The number of aliphatic hydroxyl groups excluding tert-OH is 1. The van der Waals surface area contributed by atoms with Crippen molar-refractivity contribution in [3.63, 3.8) is 0 Å². The van der Waals surface area contributed by atoms with Gasteiger partial charge in [-0.25, -0.2) is 0 Å². The normalized spacial score (nSPS) is 19.5. The van der Waals surface area contributed by atoms with Crippen molar-refractivity contribution in [1.29, 1.82) is 0 Å². The van der Waals surface area contributed by atoms with E-state index in [9.17, 15) is 0 Å². The molecule has 1 aliphatic rings. The van der Waals surface area contributed by atoms with Crippen molar-refractivity contribution in [2.45, 2.75) is 32.9 Å². The zero-order chi connectivity index (χ0) is 13.7. The van der Waals surface area contributed by atoms with Crippen LogP contribution >= 0.6 is 0 Å². The zero-order valence-corrected chi connectivity index (χ0v) is 12.2. The van der Waals surface area contributed by atoms with Crippen LogP contribution in [0.5, 0.6) is 0 Å². The summed E-state index contributed by atoms with van der Waals surface area (Å²) < 4.78 is 0. The van der Waals surface area contributed by atoms with Gasteiger partial charge in [-0.1, -0.05) is 31.2 Å². The molecule has 0 atom stereocenters. The minimum atomic E-state index is 0.124. The highest BCUT2D eigenvalue weighted by molar-refractivity contribution is 5.21. The predicted molar refractivity (Wildman–Crippen MR) is 78.9 cm³/mol. The van der Waals surface area contributed by atoms with Crippen LogP contribution in [0.15, 0.2) is 24.3 Å². The van der Waals surface area contributed by atoms with Crippen LogP contribution in [-0.2, 0) is 13.2 Å². The van der Waals surface area contributed by atoms with Crippen molar-refractivity contribution in [3.8, 4) is 0 Å². The smallest absolute Gasteiger partial charge is 0.0681 e. The van der Waals surface area contributed by atoms with E-state index in [1.54, 1.807) is 0 Å². The molecule has 1 fully saturated rings. The first-order valence-corrected chi connectivity index (χ1v) is 7.19. The number of benzene rings is 1. The second-order valence-corrected chi connectivity index (χ2v) is 6.19. The second kappa shape index (κ2) is 6.51. The zero-order valence-electron chi connectivity index (χ0n) is 12.2. The van der Waals surface area contributed by atoms with Crippen LogP contribution < -0.4 is 5.32 Å². The fourth-order valence-corrected chi connectivity index (χ4v) is 2.61. The summed E-state index contributed by atoms with van der Waals surface area (Å²) in [6.45, 7) is 6.94. The summed E-state index contributed by atoms with van der Waals surface area (Å²) in [6, 6.07) is 8.17. The van der Waals surface area contributed by atoms with Crippen molar-refractivity contribution in [1.82, 2.24) is 10.2 Å². The number of piperidine rings is 1. The summed E-state index contributed by atoms with van der Waals surface area (Å²) in [7, 11) is 2.20. The van der Waals surface area contributed by atoms with Gasteiger partial charge in [0.25, 0.3) is 0 Å². The molecule has 0 aromatic heterocycles. The third kappa shape index (κ3) is 4.30. The van der Waals surface area contributed by atoms with Gasteiger partial charge in [-0.2, -0.15) is 0 Å². The Labute approximate surface area is 116 Å². The third-order valence-electron chi connectivity index (χ3n) is 4.28. The quantitative estimate of drug-likeness (QED) is 0.852. The third-order valence-corrected chi connectivity index (χ3v) is 4.28. The van der Waals surface area contributed by atoms with Gasteiger partial charge in [-0.15, -0.1) is 0 Å². The van der Waals surface area contributed by atoms with Crippen LogP contribution in [0.1, 0.15) is 30.9 Å². The highest BCUT2D eigenvalue weighted by Gasteiger charge is 2.28. The van der Waals surface area contributed by atoms with Gasteiger partial charge in [0, 0.05) is 13.1 Å². The molecule has 106 valence electrons. The highest BCUT2D eigenvalue weighted by atomic mass is 16.3. The van der Waals surface area contributed by atoms with E-state index >= 15 is 0 Å². The lowest BCUT2D eigenvalue weighted by atomic mass is 9.80. The van der Waals surface area contributed by atoms with E-state index in [1.807, 2.05) is 12.1 Å². The lowest BCUT2D eigenvalue weighted by molar-refractivity contribution is 0.137. The van der Waals surface area contributed by atoms with Crippen LogP contribution in [0.25, 0.3) is 0 Å². The average Bonchev–Trinajstić information content (AvgIpc) is 2.43. The molecule has 3 heteroatoms. The Morgan fingerprint density at radius 3 is 2.32 bits per heavy atom. The number of nitrogens with zero attached hydrogens (tertiary/aromatic N) is 1. The maximum absolute atomic E-state index is 9.01. The molecule has 3 nitrogen and oxygen atoms in total. The van der Waals surface area contributed by atoms with E-state index in [4.69, 9.17) is 5.11 Å². The van der Waals surface area contributed by atoms with Crippen LogP contribution in [-0.4, -0.2) is 36.7 Å². The van der Waals surface area contributed by atoms with Crippen molar-refractivity contribution >= 4 is 0 Å². The summed E-state index contributed by atoms with van der Waals surface area (Å²) in [5, 5.41) is 12.6. The lowest BCUT2D eigenvalue weighted by Crippen LogP contribution is -2.41. The van der Waals surface area contributed by atoms with Gasteiger partial charge in [0.2, 0.25) is 0 Å². The Kier molecular flexibility index (Phi) is 4.97. The van der Waals surface area contributed by atoms with Crippen molar-refractivity contribution < 1.29 is 5.11 Å². The Bertz CT molecular complexity index is 380. The molecule has 1 heterocycles. The monoisotopic (exact) mass is 262 g/mol. The van der Waals surface area contributed by atoms with E-state index in [-0.39, 0.29) is 6.61 Å². The van der Waals surface area contributed by atoms with Gasteiger partial charge >= 0.3 is 0 Å². The van der Waals surface area contributed by atoms with E-state index in [0.717, 1.165) is 18.7 Å². The number of aliphatic hydroxyl groups is 1. The minimum Gasteiger partial charge on any atom is -0.392 e. The first kappa shape index (κ1) is 14.5. The van der Waals surface area contributed by atoms with E-state index < -0.39 is 0 Å². The number of hydrogen-bond acceptors (Lipinski definition) is 3. The first-order valence-electron chi connectivity index (χ1n) is 7.19. The van der Waals surface area contributed by atoms with Gasteiger partial charge in [0.1, 0.15) is 0 Å². The summed E-state index contributed by atoms with van der Waals surface area (Å²) >= 11 is 0. The maximum atomic E-state index is 9.01. The van der Waals surface area contributed by atoms with Gasteiger partial charge in [-0.3, -0.25) is 0 Å². The van der Waals surface area contributed by atoms with E-state index in [1.165, 1.54) is 31.5 Å². The SMILES string of the molecule is CN1CCC(C)(CNCc2ccc(CO)cc2)CC1. The molecule has 0 radical (unpaired) electrons. The highest BCUT2D eigenvalue weighted by Crippen LogP contribution is 2.29. The first-order chi connectivity index (χ1) is 9.11. The van der Waals surface area contributed by atoms with Crippen LogP contribution in [0.3, 0.4) is 0 Å². The number of rotatable bonds is 5. The van der Waals surface area contributed by atoms with Crippen molar-refractivity contribution in [2.24, 2.45) is 5.41 Å². The molecule has 1 saturated heterocycles. The summed E-state index contributed by atoms with van der Waals surface area (Å²) in [4.78, 5) is 2.41. The van der Waals surface area contributed by atoms with Gasteiger partial charge in [-0.05, 0) is 49.5 Å². The Balaban J connectivity index is 1.76. The Hall–Kier alpha value is -0.900. The second-order valence-electron chi connectivity index (χ2n) is 6.19. The molecule has 0 aliphatic carbocycles. The molecule has 0 spiro atoms. The minimum absolute atomic E-state index is 0.124. The average molecular weight is 262 g/mol. The molecular formula is C16H26N2O. The largest absolute Gasteiger partial charge is 0.392 e. The van der Waals surface area contributed by atoms with Crippen molar-refractivity contribution in [2.75, 3.05) is 26.7 Å². The maximum Gasteiger partial charge on any atom is 0.0681 e. The fourth-order valence-electron chi connectivity index (χ4n) is 2.61. The molecule has 2 N–H and O–H groups in total. The lowest BCUT2D eigenvalue weighted by Gasteiger charge is -2.38. The van der Waals surface area contributed by atoms with Gasteiger partial charge in [0.05, 0.1) is 6.61 Å². The molecule has 0 amide bonds. The summed E-state index contributed by atoms with van der Waals surface area (Å²) in [5.74, 6) is 0. The molecule has 0 unspecified atom stereocenters. The predicted octanol–water partition coefficient (Wildman–Crippen LogP) is 2.00. The van der Waals surface area contributed by atoms with E-state index in [0.29, 0.717) is 5.41 Å². The van der Waals surface area contributed by atoms with Crippen LogP contribution in [0, 0.1) is 5.41 Å². The Morgan fingerprint density at radius 2 is 1.74 bits per heavy atom. The molecule has 1 aromatic carbocycles. The molecule has 1 aliphatic heterocycles. The van der Waals surface area contributed by atoms with Crippen LogP contribution in [0.4, 0.5) is 0 Å². The number of hydrogen-bond donors (Lipinski definition) is 2. The molecule has 0 bridgehead atoms. The fraction of sp³-hybridized carbons (Fsp3) is 0.625. The standard InChI is InChI=1S/C16H26N2O/c1-16(7-9-18(2)10-8-16)13-17-11-14-3-5-15(12-19)6-4-14/h3-6,17,19H,7-13H2,1-2H3. The topological polar surface area (TPSA) is 35.5 Å². The number of likely N-dealkylation sites (tertiary alicyclic amines) is 1. The molecule has 2 rings (SSSR count). The summed E-state index contributed by atoms with van der Waals surface area (Å²) in [5.41, 5.74) is 2.71. The van der Waals surface area contributed by atoms with Crippen LogP contribution in [0.2, 0.25) is 0 Å². The number of nitrogens with one attached hydrogen (secondary N) is 1. The summed E-state index contributed by atoms with van der Waals surface area (Å²) in [6.07, 6.45) is 2.56.